The highest BCUT2D eigenvalue weighted by Gasteiger charge is 2.30. The Kier molecular flexibility index (Phi) is 9.16. The molecule has 140 valence electrons. The summed E-state index contributed by atoms with van der Waals surface area (Å²) in [6, 6.07) is -0.679. The number of carbonyl (C=O) groups is 1. The first-order valence-corrected chi connectivity index (χ1v) is 9.03. The molecule has 0 fully saturated rings. The molecule has 2 amide bonds. The smallest absolute Gasteiger partial charge is 0.312 e. The van der Waals surface area contributed by atoms with E-state index in [9.17, 15) is 4.79 Å². The van der Waals surface area contributed by atoms with Gasteiger partial charge < -0.3 is 16.0 Å². The van der Waals surface area contributed by atoms with Gasteiger partial charge in [-0.2, -0.15) is 0 Å². The number of carbonyl (C=O) groups excluding carboxylic acids is 1. The highest BCUT2D eigenvalue weighted by Crippen LogP contribution is 2.28. The fourth-order valence-electron chi connectivity index (χ4n) is 3.11. The Labute approximate surface area is 149 Å². The van der Waals surface area contributed by atoms with Crippen molar-refractivity contribution in [1.82, 2.24) is 10.2 Å². The van der Waals surface area contributed by atoms with Gasteiger partial charge in [0.15, 0.2) is 0 Å². The molecule has 4 heteroatoms. The van der Waals surface area contributed by atoms with Crippen molar-refractivity contribution in [1.29, 1.82) is 0 Å². The maximum Gasteiger partial charge on any atom is 0.312 e. The maximum atomic E-state index is 11.3. The number of primary amides is 1. The monoisotopic (exact) mass is 337 g/mol. The molecule has 0 radical (unpaired) electrons. The van der Waals surface area contributed by atoms with E-state index in [2.05, 4.69) is 64.9 Å². The molecule has 0 aromatic carbocycles. The van der Waals surface area contributed by atoms with Gasteiger partial charge in [0, 0.05) is 19.3 Å². The van der Waals surface area contributed by atoms with Gasteiger partial charge in [0.25, 0.3) is 0 Å². The van der Waals surface area contributed by atoms with Crippen LogP contribution in [-0.2, 0) is 0 Å². The number of nitrogens with two attached hydrogens (primary N) is 1. The fourth-order valence-corrected chi connectivity index (χ4v) is 3.11. The van der Waals surface area contributed by atoms with E-state index >= 15 is 0 Å². The van der Waals surface area contributed by atoms with Crippen molar-refractivity contribution in [3.05, 3.63) is 24.4 Å². The van der Waals surface area contributed by atoms with Crippen molar-refractivity contribution in [2.24, 2.45) is 23.0 Å². The number of rotatable bonds is 10. The first-order valence-electron chi connectivity index (χ1n) is 9.03. The summed E-state index contributed by atoms with van der Waals surface area (Å²) < 4.78 is 0. The van der Waals surface area contributed by atoms with Crippen LogP contribution in [0.3, 0.4) is 0 Å². The van der Waals surface area contributed by atoms with Crippen molar-refractivity contribution < 1.29 is 4.79 Å². The number of hydrogen-bond donors (Lipinski definition) is 2. The predicted octanol–water partition coefficient (Wildman–Crippen LogP) is 4.53. The lowest BCUT2D eigenvalue weighted by atomic mass is 9.83. The summed E-state index contributed by atoms with van der Waals surface area (Å²) in [7, 11) is 2.03. The van der Waals surface area contributed by atoms with Crippen molar-refractivity contribution >= 4 is 6.03 Å². The number of allylic oxidation sites excluding steroid dienone is 1. The van der Waals surface area contributed by atoms with Gasteiger partial charge in [-0.3, -0.25) is 0 Å². The molecule has 0 aliphatic rings. The van der Waals surface area contributed by atoms with E-state index < -0.39 is 6.03 Å². The Bertz CT molecular complexity index is 437. The van der Waals surface area contributed by atoms with Crippen LogP contribution in [0.1, 0.15) is 60.8 Å². The Balaban J connectivity index is 4.68. The van der Waals surface area contributed by atoms with Gasteiger partial charge in [0.05, 0.1) is 6.04 Å². The number of hydrogen-bond acceptors (Lipinski definition) is 2. The van der Waals surface area contributed by atoms with Crippen LogP contribution in [0.2, 0.25) is 0 Å². The summed E-state index contributed by atoms with van der Waals surface area (Å²) in [5.74, 6) is 1.23. The molecule has 0 aliphatic heterocycles. The van der Waals surface area contributed by atoms with Crippen molar-refractivity contribution in [2.75, 3.05) is 13.6 Å². The molecule has 24 heavy (non-hydrogen) atoms. The van der Waals surface area contributed by atoms with E-state index in [1.165, 1.54) is 18.4 Å². The highest BCUT2D eigenvalue weighted by atomic mass is 16.2. The minimum absolute atomic E-state index is 0.138. The van der Waals surface area contributed by atoms with Gasteiger partial charge in [-0.25, -0.2) is 4.79 Å². The molecule has 0 aromatic rings. The minimum atomic E-state index is -0.509. The molecule has 0 spiro atoms. The zero-order valence-corrected chi connectivity index (χ0v) is 16.9. The number of nitrogens with zero attached hydrogens (tertiary/aromatic N) is 1. The third kappa shape index (κ3) is 7.41. The third-order valence-corrected chi connectivity index (χ3v) is 5.05. The molecule has 0 aliphatic carbocycles. The molecule has 0 rings (SSSR count). The highest BCUT2D eigenvalue weighted by molar-refractivity contribution is 5.72. The summed E-state index contributed by atoms with van der Waals surface area (Å²) in [5.41, 5.74) is 7.36. The molecule has 3 N–H and O–H groups in total. The number of nitrogens with one attached hydrogen (secondary N) is 1. The normalized spacial score (nSPS) is 15.3. The minimum Gasteiger partial charge on any atom is -0.377 e. The van der Waals surface area contributed by atoms with Crippen LogP contribution >= 0.6 is 0 Å². The topological polar surface area (TPSA) is 58.4 Å². The molecule has 2 unspecified atom stereocenters. The van der Waals surface area contributed by atoms with E-state index in [-0.39, 0.29) is 11.5 Å². The number of urea groups is 1. The Morgan fingerprint density at radius 1 is 1.29 bits per heavy atom. The van der Waals surface area contributed by atoms with E-state index in [4.69, 9.17) is 5.73 Å². The lowest BCUT2D eigenvalue weighted by molar-refractivity contribution is 0.219. The molecule has 0 aromatic heterocycles. The summed E-state index contributed by atoms with van der Waals surface area (Å²) in [4.78, 5) is 13.5. The van der Waals surface area contributed by atoms with Crippen LogP contribution in [0.25, 0.3) is 0 Å². The quantitative estimate of drug-likeness (QED) is 0.575. The molecular weight excluding hydrogens is 298 g/mol. The zero-order chi connectivity index (χ0) is 19.1. The summed E-state index contributed by atoms with van der Waals surface area (Å²) in [6.07, 6.45) is 3.44. The van der Waals surface area contributed by atoms with Gasteiger partial charge in [-0.15, -0.1) is 0 Å². The predicted molar refractivity (Wildman–Crippen MR) is 105 cm³/mol. The first kappa shape index (κ1) is 22.6. The van der Waals surface area contributed by atoms with Crippen molar-refractivity contribution in [3.8, 4) is 0 Å². The number of likely N-dealkylation sites (N-methyl/N-ethyl adjacent to an activating group) is 1. The molecule has 0 bridgehead atoms. The molecule has 4 nitrogen and oxygen atoms in total. The fraction of sp³-hybridized carbons (Fsp3) is 0.750. The van der Waals surface area contributed by atoms with Crippen LogP contribution in [-0.4, -0.2) is 30.6 Å². The second-order valence-electron chi connectivity index (χ2n) is 8.17. The lowest BCUT2D eigenvalue weighted by Crippen LogP contribution is -2.50. The van der Waals surface area contributed by atoms with Gasteiger partial charge in [0.1, 0.15) is 0 Å². The van der Waals surface area contributed by atoms with Crippen LogP contribution in [0, 0.1) is 17.3 Å². The van der Waals surface area contributed by atoms with E-state index in [1.807, 2.05) is 7.05 Å². The third-order valence-electron chi connectivity index (χ3n) is 5.05. The first-order chi connectivity index (χ1) is 10.9. The standard InChI is InChI=1S/C20H39N3O/c1-10-17(15(4)14(2)3)12-11-13-23(9)16(5)18(20(6,7)8)22-19(21)24/h15,17-18H,2,5,10-13H2,1,3-4,6-9H3,(H3,21,22,24)/t15?,17-,18?/m0/s1. The van der Waals surface area contributed by atoms with Crippen LogP contribution in [0.15, 0.2) is 24.4 Å². The van der Waals surface area contributed by atoms with Gasteiger partial charge in [-0.1, -0.05) is 59.8 Å². The lowest BCUT2D eigenvalue weighted by Gasteiger charge is -2.37. The van der Waals surface area contributed by atoms with Crippen LogP contribution < -0.4 is 11.1 Å². The van der Waals surface area contributed by atoms with Crippen molar-refractivity contribution in [3.63, 3.8) is 0 Å². The van der Waals surface area contributed by atoms with E-state index in [0.29, 0.717) is 11.8 Å². The molecule has 3 atom stereocenters. The average molecular weight is 338 g/mol. The molecule has 0 saturated heterocycles. The second-order valence-corrected chi connectivity index (χ2v) is 8.17. The van der Waals surface area contributed by atoms with Crippen molar-refractivity contribution in [2.45, 2.75) is 66.8 Å². The largest absolute Gasteiger partial charge is 0.377 e. The van der Waals surface area contributed by atoms with Gasteiger partial charge in [0.2, 0.25) is 0 Å². The van der Waals surface area contributed by atoms with Crippen LogP contribution in [0.4, 0.5) is 4.79 Å². The average Bonchev–Trinajstić information content (AvgIpc) is 2.46. The van der Waals surface area contributed by atoms with Gasteiger partial charge in [-0.05, 0) is 37.0 Å². The molecule has 0 heterocycles. The SMILES string of the molecule is C=C(C)C(C)[C@@H](CC)CCCN(C)C(=C)C(NC(N)=O)C(C)(C)C. The summed E-state index contributed by atoms with van der Waals surface area (Å²) in [6.45, 7) is 22.1. The Morgan fingerprint density at radius 3 is 2.21 bits per heavy atom. The Morgan fingerprint density at radius 2 is 1.83 bits per heavy atom. The van der Waals surface area contributed by atoms with Gasteiger partial charge >= 0.3 is 6.03 Å². The van der Waals surface area contributed by atoms with Crippen LogP contribution in [0.5, 0.6) is 0 Å². The van der Waals surface area contributed by atoms with E-state index in [1.54, 1.807) is 0 Å². The molecule has 0 saturated carbocycles. The second kappa shape index (κ2) is 9.75. The zero-order valence-electron chi connectivity index (χ0n) is 16.9. The summed E-state index contributed by atoms with van der Waals surface area (Å²) in [5, 5.41) is 2.83. The summed E-state index contributed by atoms with van der Waals surface area (Å²) >= 11 is 0. The Hall–Kier alpha value is -1.45. The van der Waals surface area contributed by atoms with E-state index in [0.717, 1.165) is 18.7 Å². The maximum absolute atomic E-state index is 11.3. The molecular formula is C20H39N3O. The number of amides is 2.